The Morgan fingerprint density at radius 1 is 1.35 bits per heavy atom. The van der Waals surface area contributed by atoms with Crippen molar-refractivity contribution in [2.45, 2.75) is 32.8 Å². The lowest BCUT2D eigenvalue weighted by Gasteiger charge is -2.24. The molecule has 0 aromatic carbocycles. The minimum Gasteiger partial charge on any atom is -0.381 e. The summed E-state index contributed by atoms with van der Waals surface area (Å²) in [6.07, 6.45) is -0.172. The SMILES string of the molecule is CCOC(OCC)C(O)c1c(Cl)cnn1CCN(C)C. The average molecular weight is 306 g/mol. The minimum atomic E-state index is -0.966. The molecule has 6 nitrogen and oxygen atoms in total. The highest BCUT2D eigenvalue weighted by Gasteiger charge is 2.27. The minimum absolute atomic E-state index is 0.417. The molecule has 0 amide bonds. The van der Waals surface area contributed by atoms with Gasteiger partial charge in [0, 0.05) is 19.8 Å². The Balaban J connectivity index is 2.88. The highest BCUT2D eigenvalue weighted by atomic mass is 35.5. The van der Waals surface area contributed by atoms with Crippen molar-refractivity contribution in [3.8, 4) is 0 Å². The lowest BCUT2D eigenvalue weighted by Crippen LogP contribution is -2.29. The molecule has 0 aliphatic heterocycles. The average Bonchev–Trinajstić information content (AvgIpc) is 2.76. The number of aliphatic hydroxyl groups excluding tert-OH is 1. The quantitative estimate of drug-likeness (QED) is 0.701. The maximum Gasteiger partial charge on any atom is 0.189 e. The second-order valence-electron chi connectivity index (χ2n) is 4.63. The van der Waals surface area contributed by atoms with Gasteiger partial charge in [0.1, 0.15) is 6.10 Å². The van der Waals surface area contributed by atoms with E-state index in [1.807, 2.05) is 32.8 Å². The number of ether oxygens (including phenoxy) is 2. The molecule has 0 aliphatic carbocycles. The Morgan fingerprint density at radius 2 is 1.95 bits per heavy atom. The number of hydrogen-bond donors (Lipinski definition) is 1. The van der Waals surface area contributed by atoms with Crippen molar-refractivity contribution in [3.63, 3.8) is 0 Å². The van der Waals surface area contributed by atoms with Gasteiger partial charge in [-0.25, -0.2) is 0 Å². The lowest BCUT2D eigenvalue weighted by atomic mass is 10.2. The predicted octanol–water partition coefficient (Wildman–Crippen LogP) is 1.53. The van der Waals surface area contributed by atoms with E-state index in [1.54, 1.807) is 4.68 Å². The number of halogens is 1. The van der Waals surface area contributed by atoms with Gasteiger partial charge in [-0.2, -0.15) is 5.10 Å². The number of aliphatic hydroxyl groups is 1. The molecule has 1 rings (SSSR count). The molecule has 0 fully saturated rings. The van der Waals surface area contributed by atoms with E-state index in [1.165, 1.54) is 6.20 Å². The zero-order valence-corrected chi connectivity index (χ0v) is 13.3. The van der Waals surface area contributed by atoms with Crippen molar-refractivity contribution in [2.75, 3.05) is 33.9 Å². The molecule has 0 spiro atoms. The molecule has 1 unspecified atom stereocenters. The summed E-state index contributed by atoms with van der Waals surface area (Å²) in [6, 6.07) is 0. The lowest BCUT2D eigenvalue weighted by molar-refractivity contribution is -0.193. The summed E-state index contributed by atoms with van der Waals surface area (Å²) in [5, 5.41) is 15.1. The van der Waals surface area contributed by atoms with E-state index in [0.717, 1.165) is 6.54 Å². The molecule has 1 aromatic heterocycles. The third-order valence-corrected chi connectivity index (χ3v) is 3.08. The summed E-state index contributed by atoms with van der Waals surface area (Å²) >= 11 is 6.13. The van der Waals surface area contributed by atoms with E-state index in [2.05, 4.69) is 5.10 Å². The molecule has 1 heterocycles. The van der Waals surface area contributed by atoms with Crippen molar-refractivity contribution in [1.29, 1.82) is 0 Å². The van der Waals surface area contributed by atoms with Crippen LogP contribution in [0.4, 0.5) is 0 Å². The van der Waals surface area contributed by atoms with Crippen molar-refractivity contribution >= 4 is 11.6 Å². The van der Waals surface area contributed by atoms with Crippen LogP contribution in [0.5, 0.6) is 0 Å². The predicted molar refractivity (Wildman–Crippen MR) is 77.8 cm³/mol. The van der Waals surface area contributed by atoms with Crippen LogP contribution in [0.25, 0.3) is 0 Å². The Morgan fingerprint density at radius 3 is 2.45 bits per heavy atom. The number of nitrogens with zero attached hydrogens (tertiary/aromatic N) is 3. The van der Waals surface area contributed by atoms with Crippen LogP contribution in [-0.4, -0.2) is 59.9 Å². The number of rotatable bonds is 9. The molecule has 0 saturated heterocycles. The maximum atomic E-state index is 10.4. The van der Waals surface area contributed by atoms with Crippen LogP contribution in [0.2, 0.25) is 5.02 Å². The largest absolute Gasteiger partial charge is 0.381 e. The van der Waals surface area contributed by atoms with Gasteiger partial charge in [0.2, 0.25) is 0 Å². The van der Waals surface area contributed by atoms with Crippen LogP contribution in [0.1, 0.15) is 25.6 Å². The van der Waals surface area contributed by atoms with Gasteiger partial charge in [0.15, 0.2) is 6.29 Å². The maximum absolute atomic E-state index is 10.4. The second kappa shape index (κ2) is 8.59. The summed E-state index contributed by atoms with van der Waals surface area (Å²) in [4.78, 5) is 2.04. The number of aromatic nitrogens is 2. The molecule has 20 heavy (non-hydrogen) atoms. The fourth-order valence-corrected chi connectivity index (χ4v) is 2.08. The van der Waals surface area contributed by atoms with Gasteiger partial charge in [-0.3, -0.25) is 4.68 Å². The van der Waals surface area contributed by atoms with E-state index >= 15 is 0 Å². The standard InChI is InChI=1S/C13H24ClN3O3/c1-5-19-13(20-6-2)12(18)11-10(14)9-15-17(11)8-7-16(3)4/h9,12-13,18H,5-8H2,1-4H3. The molecule has 1 atom stereocenters. The van der Waals surface area contributed by atoms with Crippen LogP contribution in [0.3, 0.4) is 0 Å². The van der Waals surface area contributed by atoms with Gasteiger partial charge in [-0.15, -0.1) is 0 Å². The molecular weight excluding hydrogens is 282 g/mol. The first-order chi connectivity index (χ1) is 9.51. The number of likely N-dealkylation sites (N-methyl/N-ethyl adjacent to an activating group) is 1. The highest BCUT2D eigenvalue weighted by molar-refractivity contribution is 6.31. The Labute approximate surface area is 125 Å². The molecule has 0 radical (unpaired) electrons. The van der Waals surface area contributed by atoms with Gasteiger partial charge in [0.25, 0.3) is 0 Å². The van der Waals surface area contributed by atoms with E-state index in [9.17, 15) is 5.11 Å². The Kier molecular flexibility index (Phi) is 7.47. The van der Waals surface area contributed by atoms with Gasteiger partial charge in [0.05, 0.1) is 23.5 Å². The van der Waals surface area contributed by atoms with Gasteiger partial charge in [-0.05, 0) is 27.9 Å². The second-order valence-corrected chi connectivity index (χ2v) is 5.04. The third-order valence-electron chi connectivity index (χ3n) is 2.79. The van der Waals surface area contributed by atoms with E-state index in [4.69, 9.17) is 21.1 Å². The summed E-state index contributed by atoms with van der Waals surface area (Å²) in [7, 11) is 3.95. The van der Waals surface area contributed by atoms with Crippen LogP contribution in [0.15, 0.2) is 6.20 Å². The highest BCUT2D eigenvalue weighted by Crippen LogP contribution is 2.27. The Hall–Kier alpha value is -0.660. The molecule has 0 bridgehead atoms. The summed E-state index contributed by atoms with van der Waals surface area (Å²) in [5.74, 6) is 0. The van der Waals surface area contributed by atoms with Gasteiger partial charge < -0.3 is 19.5 Å². The molecule has 1 N–H and O–H groups in total. The summed E-state index contributed by atoms with van der Waals surface area (Å²) in [6.45, 7) is 6.03. The number of hydrogen-bond acceptors (Lipinski definition) is 5. The van der Waals surface area contributed by atoms with Gasteiger partial charge >= 0.3 is 0 Å². The van der Waals surface area contributed by atoms with E-state index in [0.29, 0.717) is 30.5 Å². The smallest absolute Gasteiger partial charge is 0.189 e. The molecule has 7 heteroatoms. The fraction of sp³-hybridized carbons (Fsp3) is 0.769. The molecular formula is C13H24ClN3O3. The van der Waals surface area contributed by atoms with Crippen LogP contribution >= 0.6 is 11.6 Å². The molecule has 116 valence electrons. The zero-order valence-electron chi connectivity index (χ0n) is 12.5. The normalized spacial score (nSPS) is 13.4. The summed E-state index contributed by atoms with van der Waals surface area (Å²) < 4.78 is 12.5. The zero-order chi connectivity index (χ0) is 15.1. The van der Waals surface area contributed by atoms with Crippen molar-refractivity contribution < 1.29 is 14.6 Å². The molecule has 1 aromatic rings. The van der Waals surface area contributed by atoms with Crippen LogP contribution in [-0.2, 0) is 16.0 Å². The van der Waals surface area contributed by atoms with Crippen molar-refractivity contribution in [1.82, 2.24) is 14.7 Å². The third kappa shape index (κ3) is 4.71. The topological polar surface area (TPSA) is 59.8 Å². The van der Waals surface area contributed by atoms with Crippen LogP contribution < -0.4 is 0 Å². The van der Waals surface area contributed by atoms with E-state index < -0.39 is 12.4 Å². The molecule has 0 aliphatic rings. The molecule has 0 saturated carbocycles. The first-order valence-corrected chi connectivity index (χ1v) is 7.16. The van der Waals surface area contributed by atoms with Gasteiger partial charge in [-0.1, -0.05) is 11.6 Å². The first-order valence-electron chi connectivity index (χ1n) is 6.78. The monoisotopic (exact) mass is 305 g/mol. The van der Waals surface area contributed by atoms with Crippen molar-refractivity contribution in [3.05, 3.63) is 16.9 Å². The first kappa shape index (κ1) is 17.4. The summed E-state index contributed by atoms with van der Waals surface area (Å²) in [5.41, 5.74) is 0.528. The van der Waals surface area contributed by atoms with Crippen molar-refractivity contribution in [2.24, 2.45) is 0 Å². The van der Waals surface area contributed by atoms with Crippen LogP contribution in [0, 0.1) is 0 Å². The Bertz CT molecular complexity index is 392. The van der Waals surface area contributed by atoms with E-state index in [-0.39, 0.29) is 0 Å². The fourth-order valence-electron chi connectivity index (χ4n) is 1.83.